The van der Waals surface area contributed by atoms with Crippen molar-refractivity contribution in [2.45, 2.75) is 37.9 Å². The van der Waals surface area contributed by atoms with E-state index in [9.17, 15) is 9.59 Å². The summed E-state index contributed by atoms with van der Waals surface area (Å²) in [7, 11) is 1.64. The van der Waals surface area contributed by atoms with Crippen molar-refractivity contribution in [3.63, 3.8) is 0 Å². The van der Waals surface area contributed by atoms with Crippen LogP contribution in [0.5, 0.6) is 0 Å². The average molecular weight is 451 g/mol. The first-order valence-electron chi connectivity index (χ1n) is 10.5. The molecule has 8 nitrogen and oxygen atoms in total. The van der Waals surface area contributed by atoms with E-state index in [-0.39, 0.29) is 24.1 Å². The molecule has 0 bridgehead atoms. The maximum absolute atomic E-state index is 12.7. The molecule has 1 N–H and O–H groups in total. The molecule has 1 aromatic carbocycles. The van der Waals surface area contributed by atoms with Gasteiger partial charge < -0.3 is 10.2 Å². The molecular formula is C23H26N6O2S. The summed E-state index contributed by atoms with van der Waals surface area (Å²) >= 11 is 1.35. The van der Waals surface area contributed by atoms with Crippen molar-refractivity contribution in [1.82, 2.24) is 24.6 Å². The number of hydrogen-bond donors (Lipinski definition) is 1. The first kappa shape index (κ1) is 22.0. The molecule has 32 heavy (non-hydrogen) atoms. The summed E-state index contributed by atoms with van der Waals surface area (Å²) in [6, 6.07) is 10.0. The van der Waals surface area contributed by atoms with E-state index in [1.54, 1.807) is 19.4 Å². The standard InChI is InChI=1S/C23H26N6O2S/c1-15-6-4-7-16(2)21(15)25-19(30)13-28(3)20(31)14-32-23-27-26-22(29(23)18-9-10-18)17-8-5-11-24-12-17/h4-8,11-12,18H,9-10,13-14H2,1-3H3,(H,25,30). The van der Waals surface area contributed by atoms with Gasteiger partial charge in [0.05, 0.1) is 12.3 Å². The molecule has 0 radical (unpaired) electrons. The number of carbonyl (C=O) groups excluding carboxylic acids is 2. The van der Waals surface area contributed by atoms with E-state index in [2.05, 4.69) is 25.1 Å². The van der Waals surface area contributed by atoms with Crippen molar-refractivity contribution >= 4 is 29.3 Å². The summed E-state index contributed by atoms with van der Waals surface area (Å²) in [6.07, 6.45) is 5.64. The van der Waals surface area contributed by atoms with Crippen molar-refractivity contribution in [3.8, 4) is 11.4 Å². The molecule has 1 aliphatic carbocycles. The number of hydrogen-bond acceptors (Lipinski definition) is 6. The summed E-state index contributed by atoms with van der Waals surface area (Å²) in [5, 5.41) is 12.3. The number of likely N-dealkylation sites (N-methyl/N-ethyl adjacent to an activating group) is 1. The molecular weight excluding hydrogens is 424 g/mol. The van der Waals surface area contributed by atoms with Crippen LogP contribution in [-0.4, -0.2) is 55.8 Å². The number of nitrogens with zero attached hydrogens (tertiary/aromatic N) is 5. The minimum absolute atomic E-state index is 0.0105. The van der Waals surface area contributed by atoms with Crippen LogP contribution in [0.1, 0.15) is 30.0 Å². The molecule has 0 spiro atoms. The van der Waals surface area contributed by atoms with Crippen molar-refractivity contribution in [1.29, 1.82) is 0 Å². The Morgan fingerprint density at radius 3 is 2.56 bits per heavy atom. The average Bonchev–Trinajstić information content (AvgIpc) is 3.54. The number of aromatic nitrogens is 4. The maximum Gasteiger partial charge on any atom is 0.243 e. The molecule has 1 aliphatic rings. The van der Waals surface area contributed by atoms with E-state index >= 15 is 0 Å². The van der Waals surface area contributed by atoms with Gasteiger partial charge in [-0.25, -0.2) is 0 Å². The number of carbonyl (C=O) groups is 2. The Morgan fingerprint density at radius 1 is 1.16 bits per heavy atom. The molecule has 2 amide bonds. The van der Waals surface area contributed by atoms with Gasteiger partial charge in [-0.3, -0.25) is 19.1 Å². The third kappa shape index (κ3) is 4.99. The van der Waals surface area contributed by atoms with Gasteiger partial charge in [0, 0.05) is 36.7 Å². The number of aryl methyl sites for hydroxylation is 2. The fraction of sp³-hybridized carbons (Fsp3) is 0.348. The Kier molecular flexibility index (Phi) is 6.55. The minimum Gasteiger partial charge on any atom is -0.336 e. The van der Waals surface area contributed by atoms with Crippen LogP contribution in [0, 0.1) is 13.8 Å². The van der Waals surface area contributed by atoms with E-state index in [0.717, 1.165) is 41.0 Å². The van der Waals surface area contributed by atoms with Gasteiger partial charge in [0.15, 0.2) is 11.0 Å². The van der Waals surface area contributed by atoms with Gasteiger partial charge >= 0.3 is 0 Å². The van der Waals surface area contributed by atoms with Gasteiger partial charge in [-0.05, 0) is 49.9 Å². The van der Waals surface area contributed by atoms with Crippen LogP contribution < -0.4 is 5.32 Å². The highest BCUT2D eigenvalue weighted by Crippen LogP contribution is 2.40. The zero-order valence-electron chi connectivity index (χ0n) is 18.4. The SMILES string of the molecule is Cc1cccc(C)c1NC(=O)CN(C)C(=O)CSc1nnc(-c2cccnc2)n1C1CC1. The zero-order valence-corrected chi connectivity index (χ0v) is 19.2. The van der Waals surface area contributed by atoms with Gasteiger partial charge in [-0.15, -0.1) is 10.2 Å². The number of benzene rings is 1. The van der Waals surface area contributed by atoms with E-state index in [4.69, 9.17) is 0 Å². The molecule has 1 saturated carbocycles. The van der Waals surface area contributed by atoms with Gasteiger partial charge in [0.2, 0.25) is 11.8 Å². The number of thioether (sulfide) groups is 1. The predicted octanol–water partition coefficient (Wildman–Crippen LogP) is 3.48. The molecule has 3 aromatic rings. The number of amides is 2. The van der Waals surface area contributed by atoms with Gasteiger partial charge in [-0.1, -0.05) is 30.0 Å². The van der Waals surface area contributed by atoms with E-state index in [1.807, 2.05) is 44.2 Å². The van der Waals surface area contributed by atoms with Gasteiger partial charge in [0.1, 0.15) is 0 Å². The lowest BCUT2D eigenvalue weighted by Crippen LogP contribution is -2.36. The van der Waals surface area contributed by atoms with Crippen LogP contribution in [0.3, 0.4) is 0 Å². The zero-order chi connectivity index (χ0) is 22.7. The highest BCUT2D eigenvalue weighted by Gasteiger charge is 2.30. The lowest BCUT2D eigenvalue weighted by molar-refractivity contribution is -0.131. The van der Waals surface area contributed by atoms with E-state index < -0.39 is 0 Å². The Hall–Kier alpha value is -3.20. The van der Waals surface area contributed by atoms with Crippen LogP contribution in [0.2, 0.25) is 0 Å². The molecule has 0 atom stereocenters. The summed E-state index contributed by atoms with van der Waals surface area (Å²) < 4.78 is 2.10. The number of nitrogens with one attached hydrogen (secondary N) is 1. The molecule has 2 aromatic heterocycles. The fourth-order valence-electron chi connectivity index (χ4n) is 3.46. The molecule has 2 heterocycles. The van der Waals surface area contributed by atoms with E-state index in [0.29, 0.717) is 11.2 Å². The lowest BCUT2D eigenvalue weighted by Gasteiger charge is -2.18. The Labute approximate surface area is 191 Å². The number of para-hydroxylation sites is 1. The molecule has 166 valence electrons. The predicted molar refractivity (Wildman–Crippen MR) is 124 cm³/mol. The Bertz CT molecular complexity index is 1110. The lowest BCUT2D eigenvalue weighted by atomic mass is 10.1. The normalized spacial score (nSPS) is 13.1. The molecule has 9 heteroatoms. The summed E-state index contributed by atoms with van der Waals surface area (Å²) in [5.41, 5.74) is 3.69. The number of rotatable bonds is 8. The molecule has 0 unspecified atom stereocenters. The Balaban J connectivity index is 1.36. The van der Waals surface area contributed by atoms with Crippen molar-refractivity contribution in [2.24, 2.45) is 0 Å². The second-order valence-electron chi connectivity index (χ2n) is 8.00. The topological polar surface area (TPSA) is 93.0 Å². The third-order valence-electron chi connectivity index (χ3n) is 5.37. The maximum atomic E-state index is 12.7. The number of pyridine rings is 1. The second-order valence-corrected chi connectivity index (χ2v) is 8.95. The van der Waals surface area contributed by atoms with E-state index in [1.165, 1.54) is 16.7 Å². The first-order chi connectivity index (χ1) is 15.4. The van der Waals surface area contributed by atoms with Crippen LogP contribution >= 0.6 is 11.8 Å². The highest BCUT2D eigenvalue weighted by atomic mass is 32.2. The smallest absolute Gasteiger partial charge is 0.243 e. The monoisotopic (exact) mass is 450 g/mol. The fourth-order valence-corrected chi connectivity index (χ4v) is 4.41. The van der Waals surface area contributed by atoms with Crippen molar-refractivity contribution in [2.75, 3.05) is 24.7 Å². The third-order valence-corrected chi connectivity index (χ3v) is 6.30. The summed E-state index contributed by atoms with van der Waals surface area (Å²) in [5.74, 6) is 0.602. The largest absolute Gasteiger partial charge is 0.336 e. The summed E-state index contributed by atoms with van der Waals surface area (Å²) in [6.45, 7) is 3.89. The van der Waals surface area contributed by atoms with Crippen LogP contribution in [0.25, 0.3) is 11.4 Å². The highest BCUT2D eigenvalue weighted by molar-refractivity contribution is 7.99. The van der Waals surface area contributed by atoms with Gasteiger partial charge in [0.25, 0.3) is 0 Å². The van der Waals surface area contributed by atoms with Crippen molar-refractivity contribution < 1.29 is 9.59 Å². The molecule has 0 aliphatic heterocycles. The van der Waals surface area contributed by atoms with Crippen molar-refractivity contribution in [3.05, 3.63) is 53.9 Å². The Morgan fingerprint density at radius 2 is 1.91 bits per heavy atom. The number of anilines is 1. The molecule has 1 fully saturated rings. The quantitative estimate of drug-likeness (QED) is 0.528. The van der Waals surface area contributed by atoms with Crippen LogP contribution in [0.4, 0.5) is 5.69 Å². The minimum atomic E-state index is -0.219. The molecule has 4 rings (SSSR count). The first-order valence-corrected chi connectivity index (χ1v) is 11.5. The van der Waals surface area contributed by atoms with Crippen LogP contribution in [0.15, 0.2) is 47.9 Å². The molecule has 0 saturated heterocycles. The second kappa shape index (κ2) is 9.52. The van der Waals surface area contributed by atoms with Crippen LogP contribution in [-0.2, 0) is 9.59 Å². The summed E-state index contributed by atoms with van der Waals surface area (Å²) in [4.78, 5) is 30.8. The van der Waals surface area contributed by atoms with Gasteiger partial charge in [-0.2, -0.15) is 0 Å².